The second-order valence-electron chi connectivity index (χ2n) is 5.13. The highest BCUT2D eigenvalue weighted by molar-refractivity contribution is 5.83. The van der Waals surface area contributed by atoms with E-state index >= 15 is 0 Å². The lowest BCUT2D eigenvalue weighted by Gasteiger charge is -2.19. The van der Waals surface area contributed by atoms with E-state index in [4.69, 9.17) is 5.73 Å². The Morgan fingerprint density at radius 3 is 2.28 bits per heavy atom. The smallest absolute Gasteiger partial charge is 0.0297 e. The lowest BCUT2D eigenvalue weighted by Crippen LogP contribution is -2.14. The molecule has 0 fully saturated rings. The molecular formula is C17H23N. The first-order valence-corrected chi connectivity index (χ1v) is 6.98. The summed E-state index contributed by atoms with van der Waals surface area (Å²) in [6.07, 6.45) is 3.53. The van der Waals surface area contributed by atoms with Crippen LogP contribution in [0.5, 0.6) is 0 Å². The van der Waals surface area contributed by atoms with E-state index in [0.29, 0.717) is 0 Å². The quantitative estimate of drug-likeness (QED) is 0.809. The minimum atomic E-state index is 0.166. The van der Waals surface area contributed by atoms with E-state index < -0.39 is 0 Å². The summed E-state index contributed by atoms with van der Waals surface area (Å²) in [5, 5.41) is 2.57. The molecule has 2 aromatic rings. The molecule has 1 nitrogen and oxygen atoms in total. The van der Waals surface area contributed by atoms with E-state index in [1.807, 2.05) is 0 Å². The molecule has 2 rings (SSSR count). The first-order valence-electron chi connectivity index (χ1n) is 6.98. The number of benzene rings is 2. The van der Waals surface area contributed by atoms with Crippen molar-refractivity contribution in [3.05, 3.63) is 48.0 Å². The van der Waals surface area contributed by atoms with Crippen LogP contribution in [-0.2, 0) is 0 Å². The lowest BCUT2D eigenvalue weighted by atomic mass is 9.91. The van der Waals surface area contributed by atoms with Crippen LogP contribution in [0.1, 0.15) is 44.7 Å². The summed E-state index contributed by atoms with van der Waals surface area (Å²) in [6, 6.07) is 15.2. The van der Waals surface area contributed by atoms with Crippen LogP contribution in [0.3, 0.4) is 0 Å². The zero-order chi connectivity index (χ0) is 13.0. The maximum Gasteiger partial charge on any atom is 0.0297 e. The van der Waals surface area contributed by atoms with Crippen molar-refractivity contribution in [3.8, 4) is 0 Å². The Morgan fingerprint density at radius 2 is 1.61 bits per heavy atom. The SMILES string of the molecule is CCC(CC)CC(N)c1ccc2ccccc2c1. The van der Waals surface area contributed by atoms with Crippen LogP contribution < -0.4 is 5.73 Å². The van der Waals surface area contributed by atoms with Crippen LogP contribution in [0.2, 0.25) is 0 Å². The molecule has 96 valence electrons. The van der Waals surface area contributed by atoms with Crippen molar-refractivity contribution in [2.75, 3.05) is 0 Å². The third-order valence-electron chi connectivity index (χ3n) is 3.94. The zero-order valence-corrected chi connectivity index (χ0v) is 11.4. The van der Waals surface area contributed by atoms with E-state index in [-0.39, 0.29) is 6.04 Å². The maximum atomic E-state index is 6.34. The van der Waals surface area contributed by atoms with E-state index in [9.17, 15) is 0 Å². The molecule has 0 amide bonds. The summed E-state index contributed by atoms with van der Waals surface area (Å²) in [5.41, 5.74) is 7.60. The monoisotopic (exact) mass is 241 g/mol. The van der Waals surface area contributed by atoms with Crippen molar-refractivity contribution in [2.24, 2.45) is 11.7 Å². The van der Waals surface area contributed by atoms with Gasteiger partial charge in [0.05, 0.1) is 0 Å². The zero-order valence-electron chi connectivity index (χ0n) is 11.4. The Bertz CT molecular complexity index is 500. The van der Waals surface area contributed by atoms with Gasteiger partial charge in [0.15, 0.2) is 0 Å². The minimum Gasteiger partial charge on any atom is -0.324 e. The van der Waals surface area contributed by atoms with Crippen molar-refractivity contribution < 1.29 is 0 Å². The van der Waals surface area contributed by atoms with Gasteiger partial charge in [-0.15, -0.1) is 0 Å². The summed E-state index contributed by atoms with van der Waals surface area (Å²) >= 11 is 0. The van der Waals surface area contributed by atoms with Crippen LogP contribution >= 0.6 is 0 Å². The molecule has 0 saturated heterocycles. The molecule has 0 heterocycles. The fourth-order valence-corrected chi connectivity index (χ4v) is 2.56. The van der Waals surface area contributed by atoms with E-state index in [1.54, 1.807) is 0 Å². The highest BCUT2D eigenvalue weighted by atomic mass is 14.6. The minimum absolute atomic E-state index is 0.166. The number of nitrogens with two attached hydrogens (primary N) is 1. The molecule has 2 N–H and O–H groups in total. The predicted molar refractivity (Wildman–Crippen MR) is 79.6 cm³/mol. The third-order valence-corrected chi connectivity index (χ3v) is 3.94. The second kappa shape index (κ2) is 6.01. The summed E-state index contributed by atoms with van der Waals surface area (Å²) < 4.78 is 0. The molecule has 1 atom stereocenters. The summed E-state index contributed by atoms with van der Waals surface area (Å²) in [7, 11) is 0. The molecular weight excluding hydrogens is 218 g/mol. The topological polar surface area (TPSA) is 26.0 Å². The van der Waals surface area contributed by atoms with Gasteiger partial charge in [-0.05, 0) is 34.7 Å². The second-order valence-corrected chi connectivity index (χ2v) is 5.13. The van der Waals surface area contributed by atoms with Gasteiger partial charge in [0.1, 0.15) is 0 Å². The van der Waals surface area contributed by atoms with Crippen LogP contribution in [0.4, 0.5) is 0 Å². The molecule has 2 aromatic carbocycles. The van der Waals surface area contributed by atoms with Crippen LogP contribution in [0, 0.1) is 5.92 Å². The summed E-state index contributed by atoms with van der Waals surface area (Å²) in [6.45, 7) is 4.50. The van der Waals surface area contributed by atoms with Gasteiger partial charge in [0, 0.05) is 6.04 Å². The molecule has 0 aliphatic carbocycles. The van der Waals surface area contributed by atoms with E-state index in [1.165, 1.54) is 29.2 Å². The Labute approximate surface area is 110 Å². The van der Waals surface area contributed by atoms with Gasteiger partial charge >= 0.3 is 0 Å². The first-order chi connectivity index (χ1) is 8.74. The molecule has 0 aliphatic rings. The molecule has 0 radical (unpaired) electrons. The molecule has 0 aromatic heterocycles. The largest absolute Gasteiger partial charge is 0.324 e. The third kappa shape index (κ3) is 2.91. The van der Waals surface area contributed by atoms with Gasteiger partial charge in [-0.25, -0.2) is 0 Å². The fourth-order valence-electron chi connectivity index (χ4n) is 2.56. The molecule has 0 aliphatic heterocycles. The van der Waals surface area contributed by atoms with Gasteiger partial charge in [-0.2, -0.15) is 0 Å². The highest BCUT2D eigenvalue weighted by Crippen LogP contribution is 2.25. The van der Waals surface area contributed by atoms with Crippen molar-refractivity contribution in [3.63, 3.8) is 0 Å². The standard InChI is InChI=1S/C17H23N/c1-3-13(4-2)11-17(18)16-10-9-14-7-5-6-8-15(14)12-16/h5-10,12-13,17H,3-4,11,18H2,1-2H3. The number of fused-ring (bicyclic) bond motifs is 1. The number of rotatable bonds is 5. The highest BCUT2D eigenvalue weighted by Gasteiger charge is 2.12. The fraction of sp³-hybridized carbons (Fsp3) is 0.412. The average Bonchev–Trinajstić information content (AvgIpc) is 2.44. The van der Waals surface area contributed by atoms with Gasteiger partial charge in [0.2, 0.25) is 0 Å². The van der Waals surface area contributed by atoms with Crippen molar-refractivity contribution in [1.29, 1.82) is 0 Å². The van der Waals surface area contributed by atoms with Crippen LogP contribution in [0.25, 0.3) is 10.8 Å². The Kier molecular flexibility index (Phi) is 4.38. The average molecular weight is 241 g/mol. The molecule has 1 unspecified atom stereocenters. The molecule has 0 spiro atoms. The van der Waals surface area contributed by atoms with Gasteiger partial charge in [-0.3, -0.25) is 0 Å². The Morgan fingerprint density at radius 1 is 0.944 bits per heavy atom. The molecule has 18 heavy (non-hydrogen) atoms. The number of hydrogen-bond acceptors (Lipinski definition) is 1. The maximum absolute atomic E-state index is 6.34. The first kappa shape index (κ1) is 13.1. The molecule has 0 saturated carbocycles. The molecule has 0 bridgehead atoms. The normalized spacial score (nSPS) is 13.1. The molecule has 1 heteroatoms. The Balaban J connectivity index is 2.19. The van der Waals surface area contributed by atoms with Gasteiger partial charge in [0.25, 0.3) is 0 Å². The van der Waals surface area contributed by atoms with E-state index in [2.05, 4.69) is 56.3 Å². The predicted octanol–water partition coefficient (Wildman–Crippen LogP) is 4.67. The van der Waals surface area contributed by atoms with Crippen LogP contribution in [0.15, 0.2) is 42.5 Å². The van der Waals surface area contributed by atoms with Crippen molar-refractivity contribution >= 4 is 10.8 Å². The number of hydrogen-bond donors (Lipinski definition) is 1. The van der Waals surface area contributed by atoms with Crippen molar-refractivity contribution in [1.82, 2.24) is 0 Å². The van der Waals surface area contributed by atoms with Gasteiger partial charge in [-0.1, -0.05) is 63.1 Å². The van der Waals surface area contributed by atoms with Crippen molar-refractivity contribution in [2.45, 2.75) is 39.2 Å². The lowest BCUT2D eigenvalue weighted by molar-refractivity contribution is 0.415. The van der Waals surface area contributed by atoms with Gasteiger partial charge < -0.3 is 5.73 Å². The Hall–Kier alpha value is -1.34. The summed E-state index contributed by atoms with van der Waals surface area (Å²) in [5.74, 6) is 0.742. The summed E-state index contributed by atoms with van der Waals surface area (Å²) in [4.78, 5) is 0. The van der Waals surface area contributed by atoms with Crippen LogP contribution in [-0.4, -0.2) is 0 Å². The van der Waals surface area contributed by atoms with E-state index in [0.717, 1.165) is 12.3 Å².